The summed E-state index contributed by atoms with van der Waals surface area (Å²) in [4.78, 5) is 11.8. The van der Waals surface area contributed by atoms with Gasteiger partial charge in [-0.2, -0.15) is 0 Å². The van der Waals surface area contributed by atoms with Crippen LogP contribution < -0.4 is 9.64 Å². The van der Waals surface area contributed by atoms with Crippen molar-refractivity contribution in [2.45, 2.75) is 18.8 Å². The number of pyridine rings is 1. The molecule has 1 saturated heterocycles. The molecule has 0 atom stereocenters. The molecular weight excluding hydrogens is 410 g/mol. The van der Waals surface area contributed by atoms with E-state index in [4.69, 9.17) is 9.72 Å². The van der Waals surface area contributed by atoms with E-state index in [9.17, 15) is 0 Å². The lowest BCUT2D eigenvalue weighted by Crippen LogP contribution is -2.33. The molecule has 0 unspecified atom stereocenters. The fourth-order valence-corrected chi connectivity index (χ4v) is 4.69. The molecule has 1 aromatic carbocycles. The average Bonchev–Trinajstić information content (AvgIpc) is 3.18. The third kappa shape index (κ3) is 3.62. The molecule has 0 aliphatic carbocycles. The Morgan fingerprint density at radius 2 is 2.00 bits per heavy atom. The monoisotopic (exact) mass is 429 g/mol. The lowest BCUT2D eigenvalue weighted by molar-refractivity contribution is 0.416. The first-order chi connectivity index (χ1) is 12.7. The van der Waals surface area contributed by atoms with Gasteiger partial charge in [0, 0.05) is 40.6 Å². The van der Waals surface area contributed by atoms with Crippen LogP contribution in [0.25, 0.3) is 11.3 Å². The third-order valence-electron chi connectivity index (χ3n) is 4.78. The van der Waals surface area contributed by atoms with Gasteiger partial charge in [0.1, 0.15) is 11.6 Å². The summed E-state index contributed by atoms with van der Waals surface area (Å²) in [6.45, 7) is 2.02. The Hall–Kier alpha value is -1.92. The Morgan fingerprint density at radius 3 is 2.77 bits per heavy atom. The van der Waals surface area contributed by atoms with Crippen LogP contribution in [0.3, 0.4) is 0 Å². The van der Waals surface area contributed by atoms with Crippen LogP contribution in [0, 0.1) is 0 Å². The topological polar surface area (TPSA) is 38.2 Å². The van der Waals surface area contributed by atoms with Crippen molar-refractivity contribution in [2.75, 3.05) is 25.1 Å². The van der Waals surface area contributed by atoms with E-state index in [1.807, 2.05) is 30.5 Å². The molecule has 26 heavy (non-hydrogen) atoms. The molecule has 0 amide bonds. The SMILES string of the molecule is COc1ccccc1-c1csc(C2CCN(c3cc(Br)ccn3)CC2)n1. The lowest BCUT2D eigenvalue weighted by Gasteiger charge is -2.32. The van der Waals surface area contributed by atoms with Crippen molar-refractivity contribution in [1.29, 1.82) is 0 Å². The van der Waals surface area contributed by atoms with Crippen molar-refractivity contribution >= 4 is 33.1 Å². The number of hydrogen-bond acceptors (Lipinski definition) is 5. The number of halogens is 1. The molecule has 0 spiro atoms. The van der Waals surface area contributed by atoms with Gasteiger partial charge in [-0.3, -0.25) is 0 Å². The van der Waals surface area contributed by atoms with E-state index in [1.165, 1.54) is 5.01 Å². The van der Waals surface area contributed by atoms with Crippen LogP contribution in [0.4, 0.5) is 5.82 Å². The molecule has 1 aliphatic rings. The first-order valence-electron chi connectivity index (χ1n) is 8.70. The highest BCUT2D eigenvalue weighted by Gasteiger charge is 2.24. The molecule has 0 bridgehead atoms. The normalized spacial score (nSPS) is 15.2. The van der Waals surface area contributed by atoms with Gasteiger partial charge >= 0.3 is 0 Å². The number of rotatable bonds is 4. The Kier molecular flexibility index (Phi) is 5.22. The summed E-state index contributed by atoms with van der Waals surface area (Å²) in [5.74, 6) is 2.44. The van der Waals surface area contributed by atoms with Crippen molar-refractivity contribution in [1.82, 2.24) is 9.97 Å². The molecule has 2 aromatic heterocycles. The molecule has 4 rings (SSSR count). The summed E-state index contributed by atoms with van der Waals surface area (Å²) in [6, 6.07) is 12.1. The number of thiazole rings is 1. The van der Waals surface area contributed by atoms with Crippen LogP contribution in [-0.2, 0) is 0 Å². The zero-order chi connectivity index (χ0) is 17.9. The molecule has 4 nitrogen and oxygen atoms in total. The van der Waals surface area contributed by atoms with Crippen LogP contribution in [0.1, 0.15) is 23.8 Å². The smallest absolute Gasteiger partial charge is 0.129 e. The van der Waals surface area contributed by atoms with E-state index in [0.29, 0.717) is 5.92 Å². The standard InChI is InChI=1S/C20H20BrN3OS/c1-25-18-5-3-2-4-16(18)17-13-26-20(23-17)14-7-10-24(11-8-14)19-12-15(21)6-9-22-19/h2-6,9,12-14H,7-8,10-11H2,1H3. The molecule has 0 radical (unpaired) electrons. The van der Waals surface area contributed by atoms with Crippen molar-refractivity contribution in [3.8, 4) is 17.0 Å². The lowest BCUT2D eigenvalue weighted by atomic mass is 9.97. The molecule has 6 heteroatoms. The Balaban J connectivity index is 1.46. The van der Waals surface area contributed by atoms with Crippen molar-refractivity contribution in [3.05, 3.63) is 57.5 Å². The third-order valence-corrected chi connectivity index (χ3v) is 6.28. The van der Waals surface area contributed by atoms with Gasteiger partial charge in [-0.25, -0.2) is 9.97 Å². The van der Waals surface area contributed by atoms with E-state index in [2.05, 4.69) is 43.3 Å². The predicted octanol–water partition coefficient (Wildman–Crippen LogP) is 5.36. The maximum absolute atomic E-state index is 5.47. The Morgan fingerprint density at radius 1 is 1.19 bits per heavy atom. The maximum atomic E-state index is 5.47. The molecule has 1 aliphatic heterocycles. The number of hydrogen-bond donors (Lipinski definition) is 0. The number of anilines is 1. The Bertz CT molecular complexity index is 890. The molecule has 134 valence electrons. The summed E-state index contributed by atoms with van der Waals surface area (Å²) in [6.07, 6.45) is 4.06. The minimum absolute atomic E-state index is 0.520. The van der Waals surface area contributed by atoms with Crippen molar-refractivity contribution in [2.24, 2.45) is 0 Å². The van der Waals surface area contributed by atoms with Gasteiger partial charge in [-0.15, -0.1) is 11.3 Å². The van der Waals surface area contributed by atoms with Gasteiger partial charge in [0.15, 0.2) is 0 Å². The van der Waals surface area contributed by atoms with Crippen LogP contribution in [-0.4, -0.2) is 30.2 Å². The second kappa shape index (κ2) is 7.76. The molecule has 3 heterocycles. The van der Waals surface area contributed by atoms with E-state index in [0.717, 1.165) is 53.2 Å². The van der Waals surface area contributed by atoms with Gasteiger partial charge in [0.2, 0.25) is 0 Å². The first-order valence-corrected chi connectivity index (χ1v) is 10.4. The number of aromatic nitrogens is 2. The van der Waals surface area contributed by atoms with Crippen LogP contribution in [0.2, 0.25) is 0 Å². The van der Waals surface area contributed by atoms with Gasteiger partial charge in [0.05, 0.1) is 17.8 Å². The quantitative estimate of drug-likeness (QED) is 0.559. The van der Waals surface area contributed by atoms with E-state index in [-0.39, 0.29) is 0 Å². The number of nitrogens with zero attached hydrogens (tertiary/aromatic N) is 3. The number of piperidine rings is 1. The number of para-hydroxylation sites is 1. The van der Waals surface area contributed by atoms with Crippen LogP contribution in [0.5, 0.6) is 5.75 Å². The molecular formula is C20H20BrN3OS. The minimum Gasteiger partial charge on any atom is -0.496 e. The van der Waals surface area contributed by atoms with Gasteiger partial charge in [0.25, 0.3) is 0 Å². The zero-order valence-electron chi connectivity index (χ0n) is 14.6. The van der Waals surface area contributed by atoms with E-state index >= 15 is 0 Å². The zero-order valence-corrected chi connectivity index (χ0v) is 17.0. The van der Waals surface area contributed by atoms with Crippen molar-refractivity contribution in [3.63, 3.8) is 0 Å². The molecule has 0 saturated carbocycles. The largest absolute Gasteiger partial charge is 0.496 e. The second-order valence-electron chi connectivity index (χ2n) is 6.36. The summed E-state index contributed by atoms with van der Waals surface area (Å²) in [5, 5.41) is 3.38. The first kappa shape index (κ1) is 17.5. The number of ether oxygens (including phenoxy) is 1. The highest BCUT2D eigenvalue weighted by molar-refractivity contribution is 9.10. The highest BCUT2D eigenvalue weighted by Crippen LogP contribution is 2.36. The fraction of sp³-hybridized carbons (Fsp3) is 0.300. The predicted molar refractivity (Wildman–Crippen MR) is 110 cm³/mol. The van der Waals surface area contributed by atoms with Gasteiger partial charge in [-0.1, -0.05) is 28.1 Å². The summed E-state index contributed by atoms with van der Waals surface area (Å²) < 4.78 is 6.55. The van der Waals surface area contributed by atoms with Crippen LogP contribution >= 0.6 is 27.3 Å². The number of benzene rings is 1. The highest BCUT2D eigenvalue weighted by atomic mass is 79.9. The fourth-order valence-electron chi connectivity index (χ4n) is 3.38. The summed E-state index contributed by atoms with van der Waals surface area (Å²) >= 11 is 5.29. The maximum Gasteiger partial charge on any atom is 0.129 e. The number of methoxy groups -OCH3 is 1. The van der Waals surface area contributed by atoms with Gasteiger partial charge < -0.3 is 9.64 Å². The Labute approximate surface area is 166 Å². The van der Waals surface area contributed by atoms with Crippen LogP contribution in [0.15, 0.2) is 52.4 Å². The van der Waals surface area contributed by atoms with Gasteiger partial charge in [-0.05, 0) is 37.1 Å². The molecule has 1 fully saturated rings. The van der Waals surface area contributed by atoms with E-state index in [1.54, 1.807) is 18.4 Å². The van der Waals surface area contributed by atoms with Crippen molar-refractivity contribution < 1.29 is 4.74 Å². The summed E-state index contributed by atoms with van der Waals surface area (Å²) in [5.41, 5.74) is 2.08. The minimum atomic E-state index is 0.520. The second-order valence-corrected chi connectivity index (χ2v) is 8.17. The van der Waals surface area contributed by atoms with E-state index < -0.39 is 0 Å². The molecule has 3 aromatic rings. The summed E-state index contributed by atoms with van der Waals surface area (Å²) in [7, 11) is 1.71. The molecule has 0 N–H and O–H groups in total. The average molecular weight is 430 g/mol.